The first-order valence-electron chi connectivity index (χ1n) is 8.59. The van der Waals surface area contributed by atoms with E-state index in [9.17, 15) is 8.42 Å². The topological polar surface area (TPSA) is 58.4 Å². The summed E-state index contributed by atoms with van der Waals surface area (Å²) in [7, 11) is -3.59. The molecule has 0 spiro atoms. The zero-order chi connectivity index (χ0) is 20.3. The molecular weight excluding hydrogens is 456 g/mol. The number of halogens is 1. The normalized spacial score (nSPS) is 16.4. The molecule has 2 aromatic rings. The Kier molecular flexibility index (Phi) is 7.35. The van der Waals surface area contributed by atoms with E-state index in [2.05, 4.69) is 16.6 Å². The number of benzene rings is 1. The molecule has 1 fully saturated rings. The maximum Gasteiger partial charge on any atom is 0.244 e. The summed E-state index contributed by atoms with van der Waals surface area (Å²) in [4.78, 5) is 2.31. The number of piperazine rings is 1. The van der Waals surface area contributed by atoms with E-state index in [1.165, 1.54) is 15.6 Å². The standard InChI is InChI=1S/C17H21ClN4O2S4/c1-13(2)11-26-16-19-22(17(25)27-16)12-20-7-9-21(10-8-20)28(23,24)15-6-4-3-5-14(15)18/h3-6H,1,7-12H2,2H3. The fraction of sp³-hybridized carbons (Fsp3) is 0.412. The summed E-state index contributed by atoms with van der Waals surface area (Å²) < 4.78 is 30.6. The van der Waals surface area contributed by atoms with E-state index in [1.807, 2.05) is 6.92 Å². The van der Waals surface area contributed by atoms with Crippen molar-refractivity contribution in [3.63, 3.8) is 0 Å². The maximum atomic E-state index is 12.8. The Hall–Kier alpha value is -0.750. The lowest BCUT2D eigenvalue weighted by Crippen LogP contribution is -2.49. The van der Waals surface area contributed by atoms with Gasteiger partial charge in [-0.1, -0.05) is 59.0 Å². The summed E-state index contributed by atoms with van der Waals surface area (Å²) in [5.41, 5.74) is 1.09. The van der Waals surface area contributed by atoms with Gasteiger partial charge in [-0.05, 0) is 31.3 Å². The zero-order valence-electron chi connectivity index (χ0n) is 15.4. The second-order valence-electron chi connectivity index (χ2n) is 6.47. The van der Waals surface area contributed by atoms with Crippen molar-refractivity contribution in [3.8, 4) is 0 Å². The molecule has 0 radical (unpaired) electrons. The van der Waals surface area contributed by atoms with Gasteiger partial charge in [-0.3, -0.25) is 4.90 Å². The molecule has 0 aliphatic carbocycles. The predicted octanol–water partition coefficient (Wildman–Crippen LogP) is 3.96. The Bertz CT molecular complexity index is 1010. The summed E-state index contributed by atoms with van der Waals surface area (Å²) in [6.45, 7) is 8.47. The predicted molar refractivity (Wildman–Crippen MR) is 118 cm³/mol. The molecule has 1 aromatic heterocycles. The van der Waals surface area contributed by atoms with Crippen LogP contribution in [-0.2, 0) is 16.7 Å². The van der Waals surface area contributed by atoms with Gasteiger partial charge in [0.25, 0.3) is 0 Å². The minimum Gasteiger partial charge on any atom is -0.282 e. The summed E-state index contributed by atoms with van der Waals surface area (Å²) in [6.07, 6.45) is 0. The van der Waals surface area contributed by atoms with Crippen molar-refractivity contribution in [2.75, 3.05) is 31.9 Å². The van der Waals surface area contributed by atoms with Gasteiger partial charge in [0.1, 0.15) is 4.90 Å². The van der Waals surface area contributed by atoms with Gasteiger partial charge in [-0.15, -0.1) is 0 Å². The van der Waals surface area contributed by atoms with E-state index in [4.69, 9.17) is 23.8 Å². The molecule has 152 valence electrons. The van der Waals surface area contributed by atoms with Crippen molar-refractivity contribution >= 4 is 56.9 Å². The van der Waals surface area contributed by atoms with Crippen molar-refractivity contribution in [1.82, 2.24) is 19.0 Å². The van der Waals surface area contributed by atoms with Gasteiger partial charge >= 0.3 is 0 Å². The Morgan fingerprint density at radius 2 is 2.00 bits per heavy atom. The van der Waals surface area contributed by atoms with Gasteiger partial charge in [0.2, 0.25) is 10.0 Å². The van der Waals surface area contributed by atoms with E-state index in [0.717, 1.165) is 19.6 Å². The molecule has 0 atom stereocenters. The molecular formula is C17H21ClN4O2S4. The van der Waals surface area contributed by atoms with Crippen molar-refractivity contribution in [3.05, 3.63) is 45.4 Å². The Labute approximate surface area is 183 Å². The summed E-state index contributed by atoms with van der Waals surface area (Å²) in [5.74, 6) is 0.820. The number of hydrogen-bond donors (Lipinski definition) is 0. The monoisotopic (exact) mass is 476 g/mol. The lowest BCUT2D eigenvalue weighted by Gasteiger charge is -2.33. The molecule has 28 heavy (non-hydrogen) atoms. The molecule has 1 saturated heterocycles. The molecule has 0 saturated carbocycles. The minimum atomic E-state index is -3.59. The third-order valence-corrected chi connectivity index (χ3v) is 9.22. The van der Waals surface area contributed by atoms with Gasteiger partial charge in [0, 0.05) is 31.9 Å². The molecule has 1 aliphatic heterocycles. The minimum absolute atomic E-state index is 0.158. The van der Waals surface area contributed by atoms with Crippen LogP contribution in [0.4, 0.5) is 0 Å². The first-order chi connectivity index (χ1) is 13.3. The molecule has 1 aliphatic rings. The first kappa shape index (κ1) is 21.9. The summed E-state index contributed by atoms with van der Waals surface area (Å²) in [5, 5.41) is 4.81. The van der Waals surface area contributed by atoms with E-state index < -0.39 is 10.0 Å². The van der Waals surface area contributed by atoms with Gasteiger partial charge in [0.05, 0.1) is 11.7 Å². The zero-order valence-corrected chi connectivity index (χ0v) is 19.4. The highest BCUT2D eigenvalue weighted by Crippen LogP contribution is 2.26. The summed E-state index contributed by atoms with van der Waals surface area (Å²) in [6, 6.07) is 6.54. The molecule has 11 heteroatoms. The lowest BCUT2D eigenvalue weighted by molar-refractivity contribution is 0.144. The average Bonchev–Trinajstić information content (AvgIpc) is 3.00. The van der Waals surface area contributed by atoms with Gasteiger partial charge in [-0.2, -0.15) is 9.40 Å². The Morgan fingerprint density at radius 3 is 2.64 bits per heavy atom. The third kappa shape index (κ3) is 5.24. The van der Waals surface area contributed by atoms with Crippen molar-refractivity contribution in [2.45, 2.75) is 22.8 Å². The van der Waals surface area contributed by atoms with Crippen LogP contribution < -0.4 is 0 Å². The van der Waals surface area contributed by atoms with Crippen molar-refractivity contribution < 1.29 is 8.42 Å². The van der Waals surface area contributed by atoms with Crippen LogP contribution in [0.5, 0.6) is 0 Å². The van der Waals surface area contributed by atoms with Crippen LogP contribution in [0.1, 0.15) is 6.92 Å². The van der Waals surface area contributed by atoms with Gasteiger partial charge in [0.15, 0.2) is 8.29 Å². The number of thioether (sulfide) groups is 1. The van der Waals surface area contributed by atoms with Crippen LogP contribution in [0.25, 0.3) is 0 Å². The van der Waals surface area contributed by atoms with Gasteiger partial charge < -0.3 is 0 Å². The van der Waals surface area contributed by atoms with E-state index in [0.29, 0.717) is 32.8 Å². The molecule has 0 amide bonds. The largest absolute Gasteiger partial charge is 0.282 e. The molecule has 1 aromatic carbocycles. The quantitative estimate of drug-likeness (QED) is 0.342. The highest BCUT2D eigenvalue weighted by molar-refractivity contribution is 8.01. The summed E-state index contributed by atoms with van der Waals surface area (Å²) >= 11 is 14.6. The number of rotatable bonds is 7. The first-order valence-corrected chi connectivity index (χ1v) is 12.6. The van der Waals surface area contributed by atoms with Crippen LogP contribution in [0.3, 0.4) is 0 Å². The average molecular weight is 477 g/mol. The van der Waals surface area contributed by atoms with Crippen molar-refractivity contribution in [1.29, 1.82) is 0 Å². The highest BCUT2D eigenvalue weighted by atomic mass is 35.5. The van der Waals surface area contributed by atoms with E-state index in [1.54, 1.807) is 40.7 Å². The number of nitrogens with zero attached hydrogens (tertiary/aromatic N) is 4. The third-order valence-electron chi connectivity index (χ3n) is 4.15. The molecule has 6 nitrogen and oxygen atoms in total. The van der Waals surface area contributed by atoms with Crippen molar-refractivity contribution in [2.24, 2.45) is 0 Å². The fourth-order valence-corrected chi connectivity index (χ4v) is 6.79. The maximum absolute atomic E-state index is 12.8. The fourth-order valence-electron chi connectivity index (χ4n) is 2.71. The molecule has 3 rings (SSSR count). The molecule has 0 bridgehead atoms. The van der Waals surface area contributed by atoms with Crippen LogP contribution in [0.15, 0.2) is 45.7 Å². The second-order valence-corrected chi connectivity index (χ2v) is 11.6. The number of aromatic nitrogens is 2. The molecule has 0 unspecified atom stereocenters. The van der Waals surface area contributed by atoms with Gasteiger partial charge in [-0.25, -0.2) is 13.1 Å². The highest BCUT2D eigenvalue weighted by Gasteiger charge is 2.30. The van der Waals surface area contributed by atoms with Crippen LogP contribution >= 0.6 is 46.9 Å². The van der Waals surface area contributed by atoms with E-state index >= 15 is 0 Å². The Balaban J connectivity index is 1.61. The van der Waals surface area contributed by atoms with Crippen LogP contribution in [0, 0.1) is 3.95 Å². The second kappa shape index (κ2) is 9.38. The SMILES string of the molecule is C=C(C)CSc1nn(CN2CCN(S(=O)(=O)c3ccccc3Cl)CC2)c(=S)s1. The molecule has 2 heterocycles. The number of hydrogen-bond acceptors (Lipinski definition) is 7. The van der Waals surface area contributed by atoms with E-state index in [-0.39, 0.29) is 9.92 Å². The number of sulfonamides is 1. The van der Waals surface area contributed by atoms with Crippen LogP contribution in [0.2, 0.25) is 5.02 Å². The lowest BCUT2D eigenvalue weighted by atomic mass is 10.4. The Morgan fingerprint density at radius 1 is 1.32 bits per heavy atom. The smallest absolute Gasteiger partial charge is 0.244 e. The molecule has 0 N–H and O–H groups in total. The van der Waals surface area contributed by atoms with Crippen LogP contribution in [-0.4, -0.2) is 59.3 Å².